The number of hydrogen-bond acceptors (Lipinski definition) is 6. The number of hydrogen-bond donors (Lipinski definition) is 2. The van der Waals surface area contributed by atoms with Crippen molar-refractivity contribution in [1.82, 2.24) is 4.98 Å². The minimum absolute atomic E-state index is 0.0911. The van der Waals surface area contributed by atoms with Gasteiger partial charge in [0, 0.05) is 39.9 Å². The average molecular weight is 458 g/mol. The van der Waals surface area contributed by atoms with Crippen LogP contribution < -0.4 is 15.8 Å². The molecule has 4 aromatic rings. The fourth-order valence-electron chi connectivity index (χ4n) is 3.77. The number of anilines is 1. The number of nitrogens with zero attached hydrogens (tertiary/aromatic N) is 1. The Morgan fingerprint density at radius 1 is 1.12 bits per heavy atom. The molecule has 33 heavy (non-hydrogen) atoms. The molecule has 5 rings (SSSR count). The number of fused-ring (bicyclic) bond motifs is 1. The van der Waals surface area contributed by atoms with Crippen LogP contribution in [0.3, 0.4) is 0 Å². The maximum Gasteiger partial charge on any atom is 0.346 e. The minimum Gasteiger partial charge on any atom is -0.422 e. The van der Waals surface area contributed by atoms with Gasteiger partial charge in [-0.15, -0.1) is 11.3 Å². The van der Waals surface area contributed by atoms with Crippen molar-refractivity contribution in [2.45, 2.75) is 13.5 Å². The summed E-state index contributed by atoms with van der Waals surface area (Å²) in [5.41, 5.74) is 10.7. The molecule has 0 unspecified atom stereocenters. The van der Waals surface area contributed by atoms with Gasteiger partial charge in [0.25, 0.3) is 0 Å². The summed E-state index contributed by atoms with van der Waals surface area (Å²) in [4.78, 5) is 17.4. The summed E-state index contributed by atoms with van der Waals surface area (Å²) in [5, 5.41) is 6.33. The van der Waals surface area contributed by atoms with E-state index in [2.05, 4.69) is 10.3 Å². The Hall–Kier alpha value is -3.81. The number of nitrogens with one attached hydrogen (secondary N) is 1. The van der Waals surface area contributed by atoms with Crippen molar-refractivity contribution in [2.24, 2.45) is 5.73 Å². The number of nitrogens with two attached hydrogens (primary N) is 1. The molecule has 1 aliphatic rings. The first-order valence-corrected chi connectivity index (χ1v) is 11.3. The lowest BCUT2D eigenvalue weighted by molar-refractivity contribution is -0.126. The smallest absolute Gasteiger partial charge is 0.346 e. The van der Waals surface area contributed by atoms with E-state index in [1.807, 2.05) is 48.7 Å². The molecule has 1 aliphatic heterocycles. The van der Waals surface area contributed by atoms with Crippen LogP contribution in [-0.2, 0) is 11.3 Å². The van der Waals surface area contributed by atoms with Crippen molar-refractivity contribution in [3.63, 3.8) is 0 Å². The van der Waals surface area contributed by atoms with Crippen LogP contribution in [0.5, 0.6) is 5.75 Å². The molecule has 0 fully saturated rings. The van der Waals surface area contributed by atoms with E-state index in [4.69, 9.17) is 10.5 Å². The Morgan fingerprint density at radius 3 is 2.61 bits per heavy atom. The van der Waals surface area contributed by atoms with Crippen molar-refractivity contribution in [3.05, 3.63) is 99.6 Å². The van der Waals surface area contributed by atoms with E-state index in [1.165, 1.54) is 6.07 Å². The van der Waals surface area contributed by atoms with Gasteiger partial charge in [-0.3, -0.25) is 0 Å². The lowest BCUT2D eigenvalue weighted by Gasteiger charge is -2.15. The molecule has 2 heterocycles. The molecule has 1 aromatic heterocycles. The Labute approximate surface area is 194 Å². The van der Waals surface area contributed by atoms with Crippen LogP contribution in [0.1, 0.15) is 21.7 Å². The first kappa shape index (κ1) is 21.1. The third-order valence-electron chi connectivity index (χ3n) is 5.44. The van der Waals surface area contributed by atoms with Crippen molar-refractivity contribution in [3.8, 4) is 17.0 Å². The molecule has 0 amide bonds. The van der Waals surface area contributed by atoms with Crippen LogP contribution in [0.25, 0.3) is 22.5 Å². The Kier molecular flexibility index (Phi) is 5.50. The standard InChI is InChI=1S/C26H20FN3O2S/c1-15-29-22(14-33-15)16-8-10-19(11-9-16)30-25(17-6-7-18(13-28)21(27)12-17)24-20-4-2-3-5-23(20)32-26(24)31/h2-12,14,30H,13,28H2,1H3/b25-24-. The van der Waals surface area contributed by atoms with Gasteiger partial charge < -0.3 is 15.8 Å². The highest BCUT2D eigenvalue weighted by molar-refractivity contribution is 7.09. The van der Waals surface area contributed by atoms with Crippen molar-refractivity contribution >= 4 is 34.3 Å². The van der Waals surface area contributed by atoms with Gasteiger partial charge in [-0.25, -0.2) is 14.2 Å². The first-order chi connectivity index (χ1) is 16.0. The zero-order valence-electron chi connectivity index (χ0n) is 17.8. The SMILES string of the molecule is Cc1nc(-c2ccc(N/C(=C3\C(=O)Oc4ccccc43)c3ccc(CN)c(F)c3)cc2)cs1. The number of aromatic nitrogens is 1. The molecule has 5 nitrogen and oxygen atoms in total. The van der Waals surface area contributed by atoms with Gasteiger partial charge in [-0.1, -0.05) is 42.5 Å². The predicted molar refractivity (Wildman–Crippen MR) is 129 cm³/mol. The van der Waals surface area contributed by atoms with Crippen molar-refractivity contribution < 1.29 is 13.9 Å². The molecule has 3 N–H and O–H groups in total. The summed E-state index contributed by atoms with van der Waals surface area (Å²) in [6.07, 6.45) is 0. The molecule has 164 valence electrons. The third kappa shape index (κ3) is 4.04. The quantitative estimate of drug-likeness (QED) is 0.231. The number of thiazole rings is 1. The molecule has 0 atom stereocenters. The van der Waals surface area contributed by atoms with E-state index in [1.54, 1.807) is 35.6 Å². The zero-order chi connectivity index (χ0) is 22.9. The topological polar surface area (TPSA) is 77.2 Å². The monoisotopic (exact) mass is 457 g/mol. The normalized spacial score (nSPS) is 14.1. The lowest BCUT2D eigenvalue weighted by Crippen LogP contribution is -2.10. The molecule has 0 saturated heterocycles. The van der Waals surface area contributed by atoms with Crippen LogP contribution in [-0.4, -0.2) is 11.0 Å². The van der Waals surface area contributed by atoms with Gasteiger partial charge in [-0.05, 0) is 31.2 Å². The summed E-state index contributed by atoms with van der Waals surface area (Å²) in [5.74, 6) is -0.439. The molecule has 0 aliphatic carbocycles. The minimum atomic E-state index is -0.489. The Balaban J connectivity index is 1.59. The van der Waals surface area contributed by atoms with Crippen molar-refractivity contribution in [2.75, 3.05) is 5.32 Å². The average Bonchev–Trinajstić information content (AvgIpc) is 3.40. The van der Waals surface area contributed by atoms with E-state index in [0.29, 0.717) is 33.7 Å². The molecule has 0 bridgehead atoms. The fraction of sp³-hybridized carbons (Fsp3) is 0.0769. The summed E-state index contributed by atoms with van der Waals surface area (Å²) in [6.45, 7) is 2.06. The van der Waals surface area contributed by atoms with Gasteiger partial charge in [-0.2, -0.15) is 0 Å². The Morgan fingerprint density at radius 2 is 1.91 bits per heavy atom. The van der Waals surface area contributed by atoms with Crippen LogP contribution in [0, 0.1) is 12.7 Å². The molecule has 7 heteroatoms. The van der Waals surface area contributed by atoms with Gasteiger partial charge in [0.1, 0.15) is 11.6 Å². The fourth-order valence-corrected chi connectivity index (χ4v) is 4.39. The van der Waals surface area contributed by atoms with E-state index >= 15 is 0 Å². The highest BCUT2D eigenvalue weighted by Gasteiger charge is 2.30. The van der Waals surface area contributed by atoms with E-state index in [0.717, 1.165) is 22.0 Å². The van der Waals surface area contributed by atoms with Gasteiger partial charge in [0.15, 0.2) is 0 Å². The van der Waals surface area contributed by atoms with Crippen LogP contribution in [0.2, 0.25) is 0 Å². The number of aryl methyl sites for hydroxylation is 1. The largest absolute Gasteiger partial charge is 0.422 e. The molecular weight excluding hydrogens is 437 g/mol. The predicted octanol–water partition coefficient (Wildman–Crippen LogP) is 5.62. The van der Waals surface area contributed by atoms with E-state index in [9.17, 15) is 9.18 Å². The highest BCUT2D eigenvalue weighted by atomic mass is 32.1. The highest BCUT2D eigenvalue weighted by Crippen LogP contribution is 2.39. The molecular formula is C26H20FN3O2S. The number of para-hydroxylation sites is 1. The summed E-state index contributed by atoms with van der Waals surface area (Å²) < 4.78 is 20.1. The van der Waals surface area contributed by atoms with Crippen LogP contribution in [0.4, 0.5) is 10.1 Å². The Bertz CT molecular complexity index is 1390. The maximum absolute atomic E-state index is 14.6. The van der Waals surface area contributed by atoms with Crippen molar-refractivity contribution in [1.29, 1.82) is 0 Å². The van der Waals surface area contributed by atoms with Gasteiger partial charge >= 0.3 is 5.97 Å². The number of ether oxygens (including phenoxy) is 1. The second-order valence-corrected chi connectivity index (χ2v) is 8.66. The van der Waals surface area contributed by atoms with E-state index < -0.39 is 11.8 Å². The number of benzene rings is 3. The summed E-state index contributed by atoms with van der Waals surface area (Å²) in [7, 11) is 0. The zero-order valence-corrected chi connectivity index (χ0v) is 18.6. The maximum atomic E-state index is 14.6. The second-order valence-electron chi connectivity index (χ2n) is 7.60. The molecule has 0 radical (unpaired) electrons. The van der Waals surface area contributed by atoms with Crippen LogP contribution >= 0.6 is 11.3 Å². The summed E-state index contributed by atoms with van der Waals surface area (Å²) >= 11 is 1.60. The number of carbonyl (C=O) groups is 1. The third-order valence-corrected chi connectivity index (χ3v) is 6.22. The number of halogens is 1. The number of esters is 1. The van der Waals surface area contributed by atoms with Gasteiger partial charge in [0.05, 0.1) is 22.0 Å². The molecule has 3 aromatic carbocycles. The van der Waals surface area contributed by atoms with Gasteiger partial charge in [0.2, 0.25) is 0 Å². The van der Waals surface area contributed by atoms with E-state index in [-0.39, 0.29) is 6.54 Å². The molecule has 0 saturated carbocycles. The lowest BCUT2D eigenvalue weighted by atomic mass is 9.99. The number of carbonyl (C=O) groups excluding carboxylic acids is 1. The summed E-state index contributed by atoms with van der Waals surface area (Å²) in [6, 6.07) is 19.7. The number of rotatable bonds is 5. The molecule has 0 spiro atoms. The van der Waals surface area contributed by atoms with Crippen LogP contribution in [0.15, 0.2) is 72.1 Å². The first-order valence-electron chi connectivity index (χ1n) is 10.4. The second kappa shape index (κ2) is 8.61.